The van der Waals surface area contributed by atoms with Crippen LogP contribution in [0.3, 0.4) is 0 Å². The van der Waals surface area contributed by atoms with Crippen molar-refractivity contribution in [2.45, 2.75) is 25.3 Å². The Balaban J connectivity index is 0.000000164. The number of nitrogens with one attached hydrogen (secondary N) is 1. The number of fused-ring (bicyclic) bond motifs is 1. The molecule has 96 valence electrons. The summed E-state index contributed by atoms with van der Waals surface area (Å²) in [5, 5.41) is 7.40. The maximum absolute atomic E-state index is 7.40. The minimum absolute atomic E-state index is 0.164. The van der Waals surface area contributed by atoms with Crippen LogP contribution in [0.15, 0.2) is 36.9 Å². The molecule has 0 radical (unpaired) electrons. The third-order valence-electron chi connectivity index (χ3n) is 3.55. The molecule has 0 aromatic carbocycles. The number of benzene rings is 1. The van der Waals surface area contributed by atoms with Gasteiger partial charge in [-0.1, -0.05) is 36.8 Å². The van der Waals surface area contributed by atoms with Crippen LogP contribution in [0.2, 0.25) is 0 Å². The molecule has 1 saturated heterocycles. The molecule has 1 atom stereocenters. The zero-order valence-electron chi connectivity index (χ0n) is 10.7. The van der Waals surface area contributed by atoms with E-state index in [1.165, 1.54) is 24.0 Å². The molecule has 0 spiro atoms. The molecule has 0 aromatic rings. The molecule has 1 heterocycles. The van der Waals surface area contributed by atoms with Crippen molar-refractivity contribution < 1.29 is 0 Å². The molecule has 0 aromatic heterocycles. The largest absolute Gasteiger partial charge is 0.386 e. The summed E-state index contributed by atoms with van der Waals surface area (Å²) < 4.78 is 0. The maximum Gasteiger partial charge on any atom is 0.108 e. The predicted molar refractivity (Wildman–Crippen MR) is 76.8 cm³/mol. The topological polar surface area (TPSA) is 53.1 Å². The van der Waals surface area contributed by atoms with E-state index in [1.807, 2.05) is 6.08 Å². The normalized spacial score (nSPS) is 20.6. The van der Waals surface area contributed by atoms with E-state index in [-0.39, 0.29) is 6.04 Å². The summed E-state index contributed by atoms with van der Waals surface area (Å²) in [6, 6.07) is 8.65. The highest BCUT2D eigenvalue weighted by Crippen LogP contribution is 2.29. The highest BCUT2D eigenvalue weighted by Gasteiger charge is 2.23. The highest BCUT2D eigenvalue weighted by atomic mass is 15.2. The minimum atomic E-state index is 0.164. The molecule has 3 nitrogen and oxygen atoms in total. The Morgan fingerprint density at radius 2 is 1.94 bits per heavy atom. The van der Waals surface area contributed by atoms with Crippen LogP contribution in [-0.2, 0) is 0 Å². The lowest BCUT2D eigenvalue weighted by molar-refractivity contribution is 0.211. The highest BCUT2D eigenvalue weighted by molar-refractivity contribution is 5.82. The summed E-state index contributed by atoms with van der Waals surface area (Å²) >= 11 is 0. The molecular weight excluding hydrogens is 222 g/mol. The number of nitrogens with two attached hydrogens (primary N) is 1. The van der Waals surface area contributed by atoms with Gasteiger partial charge in [-0.05, 0) is 30.5 Å². The maximum atomic E-state index is 7.40. The SMILES string of the molecule is C=CCN1CCCCC1C(=N)N.c1cc2ccc1-2. The molecule has 0 bridgehead atoms. The summed E-state index contributed by atoms with van der Waals surface area (Å²) in [5.74, 6) is 0.302. The van der Waals surface area contributed by atoms with Crippen LogP contribution in [0.5, 0.6) is 0 Å². The van der Waals surface area contributed by atoms with Crippen molar-refractivity contribution in [2.24, 2.45) is 5.73 Å². The molecule has 2 aliphatic carbocycles. The average molecular weight is 243 g/mol. The monoisotopic (exact) mass is 243 g/mol. The summed E-state index contributed by atoms with van der Waals surface area (Å²) in [6.07, 6.45) is 5.32. The van der Waals surface area contributed by atoms with E-state index in [0.29, 0.717) is 5.84 Å². The van der Waals surface area contributed by atoms with E-state index in [0.717, 1.165) is 19.5 Å². The molecule has 3 aliphatic rings. The van der Waals surface area contributed by atoms with Crippen LogP contribution in [0.1, 0.15) is 19.3 Å². The number of likely N-dealkylation sites (tertiary alicyclic amines) is 1. The fraction of sp³-hybridized carbons (Fsp3) is 0.400. The smallest absolute Gasteiger partial charge is 0.108 e. The summed E-state index contributed by atoms with van der Waals surface area (Å²) in [5.41, 5.74) is 8.35. The Kier molecular flexibility index (Phi) is 4.15. The molecule has 1 fully saturated rings. The van der Waals surface area contributed by atoms with Gasteiger partial charge in [0.05, 0.1) is 6.04 Å². The van der Waals surface area contributed by atoms with Gasteiger partial charge >= 0.3 is 0 Å². The molecule has 3 N–H and O–H groups in total. The van der Waals surface area contributed by atoms with Gasteiger partial charge in [-0.25, -0.2) is 0 Å². The Hall–Kier alpha value is -1.61. The second-order valence-electron chi connectivity index (χ2n) is 4.83. The molecule has 0 amide bonds. The number of rotatable bonds is 3. The first kappa shape index (κ1) is 12.8. The van der Waals surface area contributed by atoms with E-state index < -0.39 is 0 Å². The summed E-state index contributed by atoms with van der Waals surface area (Å²) in [4.78, 5) is 2.22. The van der Waals surface area contributed by atoms with E-state index in [2.05, 4.69) is 35.7 Å². The fourth-order valence-electron chi connectivity index (χ4n) is 2.39. The van der Waals surface area contributed by atoms with Gasteiger partial charge < -0.3 is 5.73 Å². The first-order valence-electron chi connectivity index (χ1n) is 6.51. The average Bonchev–Trinajstić information content (AvgIpc) is 2.35. The lowest BCUT2D eigenvalue weighted by Crippen LogP contribution is -2.47. The Morgan fingerprint density at radius 1 is 1.33 bits per heavy atom. The first-order chi connectivity index (χ1) is 8.72. The van der Waals surface area contributed by atoms with Crippen molar-refractivity contribution >= 4 is 5.84 Å². The molecule has 0 saturated carbocycles. The van der Waals surface area contributed by atoms with Gasteiger partial charge in [0.15, 0.2) is 0 Å². The predicted octanol–water partition coefficient (Wildman–Crippen LogP) is 2.63. The van der Waals surface area contributed by atoms with Gasteiger partial charge in [-0.2, -0.15) is 0 Å². The number of hydrogen-bond acceptors (Lipinski definition) is 2. The third kappa shape index (κ3) is 2.79. The van der Waals surface area contributed by atoms with Crippen molar-refractivity contribution in [3.8, 4) is 11.1 Å². The van der Waals surface area contributed by atoms with Crippen LogP contribution >= 0.6 is 0 Å². The van der Waals surface area contributed by atoms with Crippen LogP contribution in [0.4, 0.5) is 0 Å². The first-order valence-corrected chi connectivity index (χ1v) is 6.51. The standard InChI is InChI=1S/C9H17N3.C6H4/c1-2-6-12-7-4-3-5-8(12)9(10)11;1-2-6-4-3-5(1)6/h2,8H,1,3-7H2,(H3,10,11);1-4H. The van der Waals surface area contributed by atoms with E-state index in [1.54, 1.807) is 0 Å². The quantitative estimate of drug-likeness (QED) is 0.494. The lowest BCUT2D eigenvalue weighted by Gasteiger charge is -2.33. The molecule has 1 aliphatic heterocycles. The van der Waals surface area contributed by atoms with Crippen molar-refractivity contribution in [1.29, 1.82) is 5.41 Å². The molecule has 18 heavy (non-hydrogen) atoms. The third-order valence-corrected chi connectivity index (χ3v) is 3.55. The van der Waals surface area contributed by atoms with Gasteiger partial charge in [0.2, 0.25) is 0 Å². The van der Waals surface area contributed by atoms with Gasteiger partial charge in [0.1, 0.15) is 5.84 Å². The van der Waals surface area contributed by atoms with Crippen molar-refractivity contribution in [3.63, 3.8) is 0 Å². The lowest BCUT2D eigenvalue weighted by atomic mass is 9.95. The molecule has 3 heteroatoms. The molecular formula is C15H21N3. The van der Waals surface area contributed by atoms with Gasteiger partial charge in [0.25, 0.3) is 0 Å². The number of piperidine rings is 1. The van der Waals surface area contributed by atoms with Crippen LogP contribution in [-0.4, -0.2) is 29.9 Å². The van der Waals surface area contributed by atoms with Crippen molar-refractivity contribution in [2.75, 3.05) is 13.1 Å². The Labute approximate surface area is 109 Å². The summed E-state index contributed by atoms with van der Waals surface area (Å²) in [7, 11) is 0. The number of amidine groups is 1. The minimum Gasteiger partial charge on any atom is -0.386 e. The van der Waals surface area contributed by atoms with Crippen LogP contribution in [0.25, 0.3) is 11.1 Å². The number of nitrogens with zero attached hydrogens (tertiary/aromatic N) is 1. The molecule has 3 rings (SSSR count). The molecule has 1 unspecified atom stereocenters. The van der Waals surface area contributed by atoms with E-state index >= 15 is 0 Å². The summed E-state index contributed by atoms with van der Waals surface area (Å²) in [6.45, 7) is 5.60. The van der Waals surface area contributed by atoms with Gasteiger partial charge in [-0.15, -0.1) is 6.58 Å². The fourth-order valence-corrected chi connectivity index (χ4v) is 2.39. The zero-order chi connectivity index (χ0) is 13.0. The van der Waals surface area contributed by atoms with Gasteiger partial charge in [-0.3, -0.25) is 10.3 Å². The van der Waals surface area contributed by atoms with Crippen molar-refractivity contribution in [3.05, 3.63) is 36.9 Å². The van der Waals surface area contributed by atoms with E-state index in [9.17, 15) is 0 Å². The van der Waals surface area contributed by atoms with Crippen LogP contribution in [0, 0.1) is 5.41 Å². The van der Waals surface area contributed by atoms with Crippen molar-refractivity contribution in [1.82, 2.24) is 4.90 Å². The van der Waals surface area contributed by atoms with Crippen LogP contribution < -0.4 is 5.73 Å². The number of hydrogen-bond donors (Lipinski definition) is 2. The Morgan fingerprint density at radius 3 is 2.33 bits per heavy atom. The zero-order valence-corrected chi connectivity index (χ0v) is 10.7. The van der Waals surface area contributed by atoms with Gasteiger partial charge in [0, 0.05) is 6.54 Å². The Bertz CT molecular complexity index is 401. The second kappa shape index (κ2) is 5.83. The van der Waals surface area contributed by atoms with E-state index in [4.69, 9.17) is 11.1 Å². The second-order valence-corrected chi connectivity index (χ2v) is 4.83.